The highest BCUT2D eigenvalue weighted by Crippen LogP contribution is 2.25. The van der Waals surface area contributed by atoms with Gasteiger partial charge in [-0.25, -0.2) is 4.98 Å². The first-order chi connectivity index (χ1) is 9.22. The van der Waals surface area contributed by atoms with Crippen molar-refractivity contribution in [1.82, 2.24) is 4.98 Å². The molecule has 0 aliphatic rings. The Labute approximate surface area is 115 Å². The number of hydrogen-bond acceptors (Lipinski definition) is 5. The number of carbonyl (C=O) groups is 1. The Morgan fingerprint density at radius 3 is 2.84 bits per heavy atom. The zero-order valence-corrected chi connectivity index (χ0v) is 11.5. The van der Waals surface area contributed by atoms with Crippen LogP contribution >= 0.6 is 11.3 Å². The van der Waals surface area contributed by atoms with Gasteiger partial charge < -0.3 is 14.8 Å². The summed E-state index contributed by atoms with van der Waals surface area (Å²) in [5.74, 6) is 1.20. The Kier molecular flexibility index (Phi) is 4.35. The average Bonchev–Trinajstić information content (AvgIpc) is 2.91. The maximum Gasteiger partial charge on any atom is 0.230 e. The van der Waals surface area contributed by atoms with E-state index in [9.17, 15) is 4.79 Å². The van der Waals surface area contributed by atoms with Crippen LogP contribution in [0.25, 0.3) is 0 Å². The molecule has 1 aromatic carbocycles. The van der Waals surface area contributed by atoms with Crippen LogP contribution in [0, 0.1) is 0 Å². The molecule has 1 aromatic heterocycles. The maximum atomic E-state index is 11.9. The van der Waals surface area contributed by atoms with Crippen LogP contribution in [0.4, 0.5) is 5.13 Å². The van der Waals surface area contributed by atoms with E-state index < -0.39 is 0 Å². The fourth-order valence-corrected chi connectivity index (χ4v) is 2.16. The van der Waals surface area contributed by atoms with E-state index in [4.69, 9.17) is 9.47 Å². The molecule has 0 spiro atoms. The summed E-state index contributed by atoms with van der Waals surface area (Å²) in [4.78, 5) is 15.9. The number of benzene rings is 1. The second-order valence-corrected chi connectivity index (χ2v) is 4.63. The summed E-state index contributed by atoms with van der Waals surface area (Å²) in [6.07, 6.45) is 1.88. The highest BCUT2D eigenvalue weighted by Gasteiger charge is 2.11. The molecule has 0 saturated heterocycles. The van der Waals surface area contributed by atoms with Crippen molar-refractivity contribution in [3.8, 4) is 11.5 Å². The summed E-state index contributed by atoms with van der Waals surface area (Å²) in [5.41, 5.74) is 0.803. The van der Waals surface area contributed by atoms with Crippen LogP contribution in [0.2, 0.25) is 0 Å². The molecule has 0 radical (unpaired) electrons. The van der Waals surface area contributed by atoms with Gasteiger partial charge in [-0.2, -0.15) is 0 Å². The number of amides is 1. The molecular formula is C13H14N2O3S. The van der Waals surface area contributed by atoms with Crippen molar-refractivity contribution in [2.24, 2.45) is 0 Å². The minimum Gasteiger partial charge on any atom is -0.497 e. The molecule has 19 heavy (non-hydrogen) atoms. The van der Waals surface area contributed by atoms with Crippen molar-refractivity contribution in [2.75, 3.05) is 19.5 Å². The number of ether oxygens (including phenoxy) is 2. The molecule has 0 saturated carbocycles. The summed E-state index contributed by atoms with van der Waals surface area (Å²) in [5, 5.41) is 5.14. The number of nitrogens with zero attached hydrogens (tertiary/aromatic N) is 1. The average molecular weight is 278 g/mol. The molecule has 0 fully saturated rings. The number of carbonyl (C=O) groups excluding carboxylic acids is 1. The smallest absolute Gasteiger partial charge is 0.230 e. The van der Waals surface area contributed by atoms with E-state index in [0.29, 0.717) is 16.6 Å². The van der Waals surface area contributed by atoms with E-state index >= 15 is 0 Å². The molecule has 1 N–H and O–H groups in total. The second-order valence-electron chi connectivity index (χ2n) is 3.74. The molecule has 2 rings (SSSR count). The fourth-order valence-electron chi connectivity index (χ4n) is 1.62. The molecule has 0 unspecified atom stereocenters. The number of thiazole rings is 1. The Hall–Kier alpha value is -2.08. The molecule has 1 amide bonds. The van der Waals surface area contributed by atoms with Crippen molar-refractivity contribution in [3.63, 3.8) is 0 Å². The lowest BCUT2D eigenvalue weighted by atomic mass is 10.1. The lowest BCUT2D eigenvalue weighted by molar-refractivity contribution is -0.115. The van der Waals surface area contributed by atoms with Gasteiger partial charge in [0.15, 0.2) is 5.13 Å². The van der Waals surface area contributed by atoms with Crippen molar-refractivity contribution in [1.29, 1.82) is 0 Å². The first kappa shape index (κ1) is 13.4. The normalized spacial score (nSPS) is 10.0. The van der Waals surface area contributed by atoms with Crippen LogP contribution in [0.3, 0.4) is 0 Å². The van der Waals surface area contributed by atoms with Gasteiger partial charge in [-0.1, -0.05) is 6.07 Å². The van der Waals surface area contributed by atoms with Crippen molar-refractivity contribution in [2.45, 2.75) is 6.42 Å². The van der Waals surface area contributed by atoms with Crippen LogP contribution in [-0.4, -0.2) is 25.1 Å². The van der Waals surface area contributed by atoms with Gasteiger partial charge in [0.1, 0.15) is 11.5 Å². The first-order valence-electron chi connectivity index (χ1n) is 5.63. The third-order valence-corrected chi connectivity index (χ3v) is 3.21. The lowest BCUT2D eigenvalue weighted by Crippen LogP contribution is -2.14. The minimum atomic E-state index is -0.126. The van der Waals surface area contributed by atoms with Crippen molar-refractivity contribution < 1.29 is 14.3 Å². The summed E-state index contributed by atoms with van der Waals surface area (Å²) >= 11 is 1.38. The number of aromatic nitrogens is 1. The monoisotopic (exact) mass is 278 g/mol. The van der Waals surface area contributed by atoms with Crippen LogP contribution < -0.4 is 14.8 Å². The Balaban J connectivity index is 2.07. The van der Waals surface area contributed by atoms with Gasteiger partial charge in [-0.15, -0.1) is 11.3 Å². The number of rotatable bonds is 5. The van der Waals surface area contributed by atoms with Gasteiger partial charge in [0, 0.05) is 23.2 Å². The van der Waals surface area contributed by atoms with Crippen LogP contribution in [0.1, 0.15) is 5.56 Å². The Bertz CT molecular complexity index is 555. The van der Waals surface area contributed by atoms with Gasteiger partial charge in [0.05, 0.1) is 20.6 Å². The SMILES string of the molecule is COc1ccc(CC(=O)Nc2nccs2)c(OC)c1. The molecule has 0 aliphatic carbocycles. The van der Waals surface area contributed by atoms with Gasteiger partial charge in [0.25, 0.3) is 0 Å². The topological polar surface area (TPSA) is 60.5 Å². The van der Waals surface area contributed by atoms with E-state index in [-0.39, 0.29) is 12.3 Å². The highest BCUT2D eigenvalue weighted by atomic mass is 32.1. The summed E-state index contributed by atoms with van der Waals surface area (Å²) in [6.45, 7) is 0. The van der Waals surface area contributed by atoms with E-state index in [0.717, 1.165) is 5.56 Å². The van der Waals surface area contributed by atoms with Crippen LogP contribution in [-0.2, 0) is 11.2 Å². The van der Waals surface area contributed by atoms with Crippen molar-refractivity contribution in [3.05, 3.63) is 35.3 Å². The quantitative estimate of drug-likeness (QED) is 0.912. The standard InChI is InChI=1S/C13H14N2O3S/c1-17-10-4-3-9(11(8-10)18-2)7-12(16)15-13-14-5-6-19-13/h3-6,8H,7H2,1-2H3,(H,14,15,16). The predicted molar refractivity (Wildman–Crippen MR) is 74.0 cm³/mol. The molecule has 0 atom stereocenters. The minimum absolute atomic E-state index is 0.126. The molecule has 2 aromatic rings. The molecule has 0 bridgehead atoms. The number of methoxy groups -OCH3 is 2. The highest BCUT2D eigenvalue weighted by molar-refractivity contribution is 7.13. The van der Waals surface area contributed by atoms with Gasteiger partial charge in [0.2, 0.25) is 5.91 Å². The Morgan fingerprint density at radius 1 is 1.37 bits per heavy atom. The zero-order chi connectivity index (χ0) is 13.7. The summed E-state index contributed by atoms with van der Waals surface area (Å²) in [6, 6.07) is 5.37. The van der Waals surface area contributed by atoms with Crippen molar-refractivity contribution >= 4 is 22.4 Å². The largest absolute Gasteiger partial charge is 0.497 e. The molecule has 5 nitrogen and oxygen atoms in total. The van der Waals surface area contributed by atoms with Crippen LogP contribution in [0.15, 0.2) is 29.8 Å². The van der Waals surface area contributed by atoms with E-state index in [1.807, 2.05) is 11.4 Å². The Morgan fingerprint density at radius 2 is 2.21 bits per heavy atom. The second kappa shape index (κ2) is 6.19. The molecule has 1 heterocycles. The third kappa shape index (κ3) is 3.45. The number of hydrogen-bond donors (Lipinski definition) is 1. The number of anilines is 1. The molecular weight excluding hydrogens is 264 g/mol. The molecule has 100 valence electrons. The van der Waals surface area contributed by atoms with Gasteiger partial charge in [-0.3, -0.25) is 4.79 Å². The molecule has 6 heteroatoms. The zero-order valence-electron chi connectivity index (χ0n) is 10.7. The third-order valence-electron chi connectivity index (χ3n) is 2.52. The number of nitrogens with one attached hydrogen (secondary N) is 1. The maximum absolute atomic E-state index is 11.9. The van der Waals surface area contributed by atoms with E-state index in [1.54, 1.807) is 32.5 Å². The van der Waals surface area contributed by atoms with E-state index in [1.165, 1.54) is 11.3 Å². The summed E-state index contributed by atoms with van der Waals surface area (Å²) in [7, 11) is 3.15. The predicted octanol–water partition coefficient (Wildman–Crippen LogP) is 2.34. The lowest BCUT2D eigenvalue weighted by Gasteiger charge is -2.09. The molecule has 0 aliphatic heterocycles. The van der Waals surface area contributed by atoms with Gasteiger partial charge >= 0.3 is 0 Å². The summed E-state index contributed by atoms with van der Waals surface area (Å²) < 4.78 is 10.4. The van der Waals surface area contributed by atoms with E-state index in [2.05, 4.69) is 10.3 Å². The van der Waals surface area contributed by atoms with Crippen LogP contribution in [0.5, 0.6) is 11.5 Å². The fraction of sp³-hybridized carbons (Fsp3) is 0.231. The van der Waals surface area contributed by atoms with Gasteiger partial charge in [-0.05, 0) is 6.07 Å². The first-order valence-corrected chi connectivity index (χ1v) is 6.51.